The van der Waals surface area contributed by atoms with Crippen LogP contribution in [0.3, 0.4) is 0 Å². The van der Waals surface area contributed by atoms with Crippen molar-refractivity contribution in [3.05, 3.63) is 72.1 Å². The fourth-order valence-electron chi connectivity index (χ4n) is 5.20. The first-order valence-corrected chi connectivity index (χ1v) is 15.9. The van der Waals surface area contributed by atoms with Crippen LogP contribution < -0.4 is 16.4 Å². The molecule has 2 aromatic carbocycles. The SMILES string of the molecule is CC(C)(C)OC(=O)N[C@@H](Cc1cn(C(=O)OC(C)(C)C)c2ccccc12)C(=O)N[C@H](N)Cc1cn(C(=O)OC(C)(C)C)c2ccccc12. The Morgan fingerprint density at radius 1 is 0.646 bits per heavy atom. The predicted octanol–water partition coefficient (Wildman–Crippen LogP) is 6.24. The summed E-state index contributed by atoms with van der Waals surface area (Å²) in [5, 5.41) is 6.99. The van der Waals surface area contributed by atoms with Gasteiger partial charge < -0.3 is 30.6 Å². The first-order valence-electron chi connectivity index (χ1n) is 15.9. The van der Waals surface area contributed by atoms with Gasteiger partial charge in [0.25, 0.3) is 0 Å². The van der Waals surface area contributed by atoms with Crippen molar-refractivity contribution in [1.82, 2.24) is 19.8 Å². The molecule has 2 amide bonds. The molecule has 0 bridgehead atoms. The van der Waals surface area contributed by atoms with Gasteiger partial charge in [0, 0.05) is 36.0 Å². The standard InChI is InChI=1S/C36H47N5O7/c1-34(2,3)46-31(43)38-26(18-22-20-40(32(44)47-35(4,5)6)27-16-12-10-14-24(22)27)30(42)39-29(37)19-23-21-41(33(45)48-36(7,8)9)28-17-13-11-15-25(23)28/h10-17,20-21,26,29H,18-19,37H2,1-9H3,(H,38,43)(H,39,42)/t26-,29-/m0/s1. The van der Waals surface area contributed by atoms with Gasteiger partial charge in [-0.3, -0.25) is 13.9 Å². The second-order valence-electron chi connectivity index (χ2n) is 14.8. The molecule has 0 unspecified atom stereocenters. The maximum atomic E-state index is 13.8. The largest absolute Gasteiger partial charge is 0.444 e. The number of nitrogens with one attached hydrogen (secondary N) is 2. The second kappa shape index (κ2) is 13.7. The average Bonchev–Trinajstić information content (AvgIpc) is 3.49. The van der Waals surface area contributed by atoms with E-state index in [2.05, 4.69) is 10.6 Å². The van der Waals surface area contributed by atoms with Crippen LogP contribution in [0.15, 0.2) is 60.9 Å². The zero-order valence-electron chi connectivity index (χ0n) is 29.2. The second-order valence-corrected chi connectivity index (χ2v) is 14.8. The summed E-state index contributed by atoms with van der Waals surface area (Å²) in [5.74, 6) is -0.557. The van der Waals surface area contributed by atoms with Crippen LogP contribution in [0, 0.1) is 0 Å². The van der Waals surface area contributed by atoms with E-state index in [1.54, 1.807) is 92.9 Å². The van der Waals surface area contributed by atoms with E-state index in [1.165, 1.54) is 9.13 Å². The molecule has 12 heteroatoms. The van der Waals surface area contributed by atoms with Crippen LogP contribution in [-0.4, -0.2) is 62.3 Å². The molecule has 0 aliphatic heterocycles. The van der Waals surface area contributed by atoms with Crippen molar-refractivity contribution < 1.29 is 33.4 Å². The summed E-state index contributed by atoms with van der Waals surface area (Å²) in [6, 6.07) is 13.5. The minimum atomic E-state index is -1.12. The Kier molecular flexibility index (Phi) is 10.3. The van der Waals surface area contributed by atoms with Crippen molar-refractivity contribution >= 4 is 46.0 Å². The van der Waals surface area contributed by atoms with Crippen molar-refractivity contribution in [2.75, 3.05) is 0 Å². The van der Waals surface area contributed by atoms with E-state index in [1.807, 2.05) is 30.3 Å². The highest BCUT2D eigenvalue weighted by Crippen LogP contribution is 2.26. The van der Waals surface area contributed by atoms with Gasteiger partial charge in [-0.15, -0.1) is 0 Å². The van der Waals surface area contributed by atoms with Crippen LogP contribution in [0.25, 0.3) is 21.8 Å². The predicted molar refractivity (Wildman–Crippen MR) is 184 cm³/mol. The average molecular weight is 662 g/mol. The Balaban J connectivity index is 1.61. The van der Waals surface area contributed by atoms with Crippen LogP contribution in [0.5, 0.6) is 0 Å². The first-order chi connectivity index (χ1) is 22.2. The number of rotatable bonds is 7. The van der Waals surface area contributed by atoms with Crippen LogP contribution in [-0.2, 0) is 31.8 Å². The number of amides is 2. The van der Waals surface area contributed by atoms with Crippen molar-refractivity contribution in [3.63, 3.8) is 0 Å². The molecule has 0 radical (unpaired) electrons. The third-order valence-corrected chi connectivity index (χ3v) is 6.97. The molecule has 0 saturated heterocycles. The minimum Gasteiger partial charge on any atom is -0.444 e. The van der Waals surface area contributed by atoms with Gasteiger partial charge in [-0.05, 0) is 85.6 Å². The van der Waals surface area contributed by atoms with Gasteiger partial charge >= 0.3 is 18.3 Å². The molecule has 0 spiro atoms. The molecule has 2 aromatic heterocycles. The van der Waals surface area contributed by atoms with Gasteiger partial charge in [-0.2, -0.15) is 0 Å². The van der Waals surface area contributed by atoms with Gasteiger partial charge in [0.2, 0.25) is 5.91 Å². The molecular formula is C36H47N5O7. The number of para-hydroxylation sites is 2. The number of nitrogens with two attached hydrogens (primary N) is 1. The maximum Gasteiger partial charge on any atom is 0.419 e. The third-order valence-electron chi connectivity index (χ3n) is 6.97. The molecule has 2 atom stereocenters. The number of fused-ring (bicyclic) bond motifs is 2. The molecule has 2 heterocycles. The van der Waals surface area contributed by atoms with Gasteiger partial charge in [-0.25, -0.2) is 14.4 Å². The Bertz CT molecular complexity index is 1820. The third kappa shape index (κ3) is 9.37. The highest BCUT2D eigenvalue weighted by atomic mass is 16.6. The van der Waals surface area contributed by atoms with E-state index in [9.17, 15) is 19.2 Å². The fourth-order valence-corrected chi connectivity index (χ4v) is 5.20. The van der Waals surface area contributed by atoms with Gasteiger partial charge in [0.05, 0.1) is 17.2 Å². The van der Waals surface area contributed by atoms with Crippen LogP contribution in [0.2, 0.25) is 0 Å². The number of alkyl carbamates (subject to hydrolysis) is 1. The lowest BCUT2D eigenvalue weighted by Crippen LogP contribution is -2.54. The lowest BCUT2D eigenvalue weighted by atomic mass is 10.0. The highest BCUT2D eigenvalue weighted by molar-refractivity contribution is 5.94. The quantitative estimate of drug-likeness (QED) is 0.155. The molecule has 0 saturated carbocycles. The summed E-state index contributed by atoms with van der Waals surface area (Å²) in [6.45, 7) is 15.9. The summed E-state index contributed by atoms with van der Waals surface area (Å²) in [4.78, 5) is 52.8. The normalized spacial score (nSPS) is 13.5. The van der Waals surface area contributed by atoms with E-state index in [-0.39, 0.29) is 12.8 Å². The molecular weight excluding hydrogens is 614 g/mol. The fraction of sp³-hybridized carbons (Fsp3) is 0.444. The maximum absolute atomic E-state index is 13.8. The van der Waals surface area contributed by atoms with Crippen LogP contribution in [0.4, 0.5) is 14.4 Å². The van der Waals surface area contributed by atoms with E-state index in [4.69, 9.17) is 19.9 Å². The van der Waals surface area contributed by atoms with Gasteiger partial charge in [0.1, 0.15) is 22.8 Å². The first kappa shape index (κ1) is 36.0. The number of ether oxygens (including phenoxy) is 3. The summed E-state index contributed by atoms with van der Waals surface area (Å²) >= 11 is 0. The van der Waals surface area contributed by atoms with Crippen molar-refractivity contribution in [2.45, 2.75) is 104 Å². The highest BCUT2D eigenvalue weighted by Gasteiger charge is 2.29. The Morgan fingerprint density at radius 3 is 1.50 bits per heavy atom. The number of hydrogen-bond donors (Lipinski definition) is 3. The monoisotopic (exact) mass is 661 g/mol. The van der Waals surface area contributed by atoms with E-state index >= 15 is 0 Å². The molecule has 4 rings (SSSR count). The topological polar surface area (TPSA) is 156 Å². The van der Waals surface area contributed by atoms with Gasteiger partial charge in [-0.1, -0.05) is 36.4 Å². The van der Waals surface area contributed by atoms with Crippen molar-refractivity contribution in [3.8, 4) is 0 Å². The summed E-state index contributed by atoms with van der Waals surface area (Å²) in [7, 11) is 0. The van der Waals surface area contributed by atoms with Crippen molar-refractivity contribution in [1.29, 1.82) is 0 Å². The van der Waals surface area contributed by atoms with Crippen LogP contribution in [0.1, 0.15) is 73.4 Å². The molecule has 0 fully saturated rings. The summed E-state index contributed by atoms with van der Waals surface area (Å²) in [6.07, 6.45) is 0.696. The summed E-state index contributed by atoms with van der Waals surface area (Å²) in [5.41, 5.74) is 6.84. The van der Waals surface area contributed by atoms with Crippen molar-refractivity contribution in [2.24, 2.45) is 5.73 Å². The van der Waals surface area contributed by atoms with E-state index < -0.39 is 53.2 Å². The molecule has 48 heavy (non-hydrogen) atoms. The smallest absolute Gasteiger partial charge is 0.419 e. The lowest BCUT2D eigenvalue weighted by molar-refractivity contribution is -0.123. The molecule has 4 N–H and O–H groups in total. The number of aromatic nitrogens is 2. The molecule has 12 nitrogen and oxygen atoms in total. The van der Waals surface area contributed by atoms with E-state index in [0.29, 0.717) is 22.0 Å². The number of nitrogens with zero attached hydrogens (tertiary/aromatic N) is 2. The number of carbonyl (C=O) groups excluding carboxylic acids is 4. The molecule has 258 valence electrons. The lowest BCUT2D eigenvalue weighted by Gasteiger charge is -2.24. The molecule has 0 aliphatic carbocycles. The number of hydrogen-bond acceptors (Lipinski definition) is 8. The Hall–Kier alpha value is -4.84. The Labute approximate surface area is 280 Å². The zero-order chi connectivity index (χ0) is 35.6. The number of benzene rings is 2. The van der Waals surface area contributed by atoms with Gasteiger partial charge in [0.15, 0.2) is 0 Å². The van der Waals surface area contributed by atoms with Crippen LogP contribution >= 0.6 is 0 Å². The Morgan fingerprint density at radius 2 is 1.06 bits per heavy atom. The number of carbonyl (C=O) groups is 4. The molecule has 0 aliphatic rings. The molecule has 4 aromatic rings. The summed E-state index contributed by atoms with van der Waals surface area (Å²) < 4.78 is 19.5. The minimum absolute atomic E-state index is 0.0199. The zero-order valence-corrected chi connectivity index (χ0v) is 29.2. The van der Waals surface area contributed by atoms with E-state index in [0.717, 1.165) is 10.9 Å².